The number of carbonyl (C=O) groups excluding carboxylic acids is 1. The summed E-state index contributed by atoms with van der Waals surface area (Å²) in [6.07, 6.45) is 1.03. The third-order valence-corrected chi connectivity index (χ3v) is 4.54. The van der Waals surface area contributed by atoms with Gasteiger partial charge in [0.15, 0.2) is 0 Å². The number of nitrogens with zero attached hydrogens (tertiary/aromatic N) is 1. The van der Waals surface area contributed by atoms with Gasteiger partial charge in [-0.25, -0.2) is 8.42 Å². The van der Waals surface area contributed by atoms with E-state index in [1.165, 1.54) is 6.07 Å². The molecule has 0 radical (unpaired) electrons. The molecule has 0 saturated heterocycles. The van der Waals surface area contributed by atoms with Gasteiger partial charge in [0, 0.05) is 15.7 Å². The fraction of sp³-hybridized carbons (Fsp3) is 0.133. The molecule has 0 aliphatic heterocycles. The molecule has 0 unspecified atom stereocenters. The van der Waals surface area contributed by atoms with Crippen LogP contribution in [0.1, 0.15) is 0 Å². The number of nitrogens with one attached hydrogen (secondary N) is 1. The van der Waals surface area contributed by atoms with Gasteiger partial charge in [0.2, 0.25) is 15.9 Å². The average molecular weight is 373 g/mol. The van der Waals surface area contributed by atoms with Crippen molar-refractivity contribution in [3.63, 3.8) is 0 Å². The minimum Gasteiger partial charge on any atom is -0.325 e. The molecule has 0 saturated carbocycles. The van der Waals surface area contributed by atoms with Crippen molar-refractivity contribution >= 4 is 50.5 Å². The first-order chi connectivity index (χ1) is 10.8. The minimum atomic E-state index is -3.64. The van der Waals surface area contributed by atoms with Crippen LogP contribution in [0.4, 0.5) is 11.4 Å². The summed E-state index contributed by atoms with van der Waals surface area (Å²) in [6.45, 7) is -0.359. The zero-order valence-electron chi connectivity index (χ0n) is 12.2. The second-order valence-electron chi connectivity index (χ2n) is 4.80. The molecule has 0 spiro atoms. The van der Waals surface area contributed by atoms with Crippen LogP contribution in [0, 0.1) is 0 Å². The Bertz CT molecular complexity index is 808. The van der Waals surface area contributed by atoms with Gasteiger partial charge >= 0.3 is 0 Å². The van der Waals surface area contributed by atoms with Crippen molar-refractivity contribution in [1.29, 1.82) is 0 Å². The maximum absolute atomic E-state index is 12.1. The summed E-state index contributed by atoms with van der Waals surface area (Å²) >= 11 is 11.7. The van der Waals surface area contributed by atoms with Crippen LogP contribution in [0.25, 0.3) is 0 Å². The molecule has 0 atom stereocenters. The number of rotatable bonds is 5. The van der Waals surface area contributed by atoms with E-state index in [9.17, 15) is 13.2 Å². The lowest BCUT2D eigenvalue weighted by Gasteiger charge is -2.22. The van der Waals surface area contributed by atoms with Gasteiger partial charge in [0.05, 0.1) is 11.9 Å². The predicted molar refractivity (Wildman–Crippen MR) is 93.7 cm³/mol. The van der Waals surface area contributed by atoms with E-state index in [4.69, 9.17) is 23.2 Å². The summed E-state index contributed by atoms with van der Waals surface area (Å²) in [5.74, 6) is -0.474. The van der Waals surface area contributed by atoms with E-state index >= 15 is 0 Å². The maximum Gasteiger partial charge on any atom is 0.245 e. The Morgan fingerprint density at radius 3 is 2.30 bits per heavy atom. The monoisotopic (exact) mass is 372 g/mol. The summed E-state index contributed by atoms with van der Waals surface area (Å²) in [5, 5.41) is 3.54. The number of hydrogen-bond acceptors (Lipinski definition) is 3. The molecule has 1 N–H and O–H groups in total. The highest BCUT2D eigenvalue weighted by Gasteiger charge is 2.21. The van der Waals surface area contributed by atoms with Gasteiger partial charge in [-0.05, 0) is 42.5 Å². The molecule has 0 aromatic heterocycles. The standard InChI is InChI=1S/C15H14Cl2N2O3S/c1-23(21,22)19(14-4-2-3-12(17)9-14)10-15(20)18-13-7-5-11(16)6-8-13/h2-9H,10H2,1H3,(H,18,20). The fourth-order valence-electron chi connectivity index (χ4n) is 1.90. The van der Waals surface area contributed by atoms with Crippen LogP contribution in [-0.4, -0.2) is 27.1 Å². The maximum atomic E-state index is 12.1. The Labute approximate surface area is 144 Å². The normalized spacial score (nSPS) is 11.1. The zero-order chi connectivity index (χ0) is 17.0. The molecule has 2 aromatic rings. The van der Waals surface area contributed by atoms with Gasteiger partial charge in [-0.2, -0.15) is 0 Å². The van der Waals surface area contributed by atoms with Crippen LogP contribution in [0.5, 0.6) is 0 Å². The largest absolute Gasteiger partial charge is 0.325 e. The lowest BCUT2D eigenvalue weighted by Crippen LogP contribution is -2.37. The number of halogens is 2. The number of sulfonamides is 1. The van der Waals surface area contributed by atoms with E-state index in [1.54, 1.807) is 42.5 Å². The lowest BCUT2D eigenvalue weighted by atomic mass is 10.3. The molecule has 1 amide bonds. The molecule has 0 bridgehead atoms. The Morgan fingerprint density at radius 2 is 1.74 bits per heavy atom. The van der Waals surface area contributed by atoms with E-state index in [2.05, 4.69) is 5.32 Å². The summed E-state index contributed by atoms with van der Waals surface area (Å²) in [7, 11) is -3.64. The summed E-state index contributed by atoms with van der Waals surface area (Å²) in [5.41, 5.74) is 0.852. The molecular weight excluding hydrogens is 359 g/mol. The van der Waals surface area contributed by atoms with Crippen LogP contribution in [0.15, 0.2) is 48.5 Å². The number of benzene rings is 2. The summed E-state index contributed by atoms with van der Waals surface area (Å²) < 4.78 is 24.9. The van der Waals surface area contributed by atoms with Crippen molar-refractivity contribution in [3.05, 3.63) is 58.6 Å². The van der Waals surface area contributed by atoms with Crippen LogP contribution in [0.3, 0.4) is 0 Å². The van der Waals surface area contributed by atoms with Gasteiger partial charge in [0.25, 0.3) is 0 Å². The average Bonchev–Trinajstić information content (AvgIpc) is 2.46. The van der Waals surface area contributed by atoms with Crippen molar-refractivity contribution in [3.8, 4) is 0 Å². The molecule has 0 fully saturated rings. The highest BCUT2D eigenvalue weighted by Crippen LogP contribution is 2.22. The van der Waals surface area contributed by atoms with Gasteiger partial charge in [-0.1, -0.05) is 29.3 Å². The van der Waals surface area contributed by atoms with Crippen LogP contribution in [-0.2, 0) is 14.8 Å². The summed E-state index contributed by atoms with van der Waals surface area (Å²) in [4.78, 5) is 12.1. The quantitative estimate of drug-likeness (QED) is 0.874. The van der Waals surface area contributed by atoms with E-state index in [1.807, 2.05) is 0 Å². The number of carbonyl (C=O) groups is 1. The predicted octanol–water partition coefficient (Wildman–Crippen LogP) is 3.40. The van der Waals surface area contributed by atoms with Crippen molar-refractivity contribution < 1.29 is 13.2 Å². The first-order valence-electron chi connectivity index (χ1n) is 6.54. The molecule has 5 nitrogen and oxygen atoms in total. The van der Waals surface area contributed by atoms with Crippen molar-refractivity contribution in [1.82, 2.24) is 0 Å². The molecule has 23 heavy (non-hydrogen) atoms. The molecule has 122 valence electrons. The fourth-order valence-corrected chi connectivity index (χ4v) is 3.05. The minimum absolute atomic E-state index is 0.325. The van der Waals surface area contributed by atoms with E-state index < -0.39 is 15.9 Å². The van der Waals surface area contributed by atoms with Gasteiger partial charge < -0.3 is 5.32 Å². The third kappa shape index (κ3) is 5.13. The Kier molecular flexibility index (Phi) is 5.51. The van der Waals surface area contributed by atoms with E-state index in [-0.39, 0.29) is 6.54 Å². The lowest BCUT2D eigenvalue weighted by molar-refractivity contribution is -0.114. The second-order valence-corrected chi connectivity index (χ2v) is 7.58. The Morgan fingerprint density at radius 1 is 1.09 bits per heavy atom. The Balaban J connectivity index is 2.18. The van der Waals surface area contributed by atoms with Crippen LogP contribution in [0.2, 0.25) is 10.0 Å². The van der Waals surface area contributed by atoms with Gasteiger partial charge in [-0.3, -0.25) is 9.10 Å². The molecule has 0 aliphatic carbocycles. The van der Waals surface area contributed by atoms with Crippen molar-refractivity contribution in [2.24, 2.45) is 0 Å². The summed E-state index contributed by atoms with van der Waals surface area (Å²) in [6, 6.07) is 12.8. The molecule has 2 aromatic carbocycles. The molecular formula is C15H14Cl2N2O3S. The third-order valence-electron chi connectivity index (χ3n) is 2.91. The number of anilines is 2. The molecule has 2 rings (SSSR count). The zero-order valence-corrected chi connectivity index (χ0v) is 14.5. The number of hydrogen-bond donors (Lipinski definition) is 1. The van der Waals surface area contributed by atoms with E-state index in [0.717, 1.165) is 10.6 Å². The van der Waals surface area contributed by atoms with Crippen LogP contribution < -0.4 is 9.62 Å². The molecule has 8 heteroatoms. The van der Waals surface area contributed by atoms with Crippen molar-refractivity contribution in [2.75, 3.05) is 22.4 Å². The first-order valence-corrected chi connectivity index (χ1v) is 9.15. The molecule has 0 heterocycles. The Hall–Kier alpha value is -1.76. The van der Waals surface area contributed by atoms with Gasteiger partial charge in [0.1, 0.15) is 6.54 Å². The van der Waals surface area contributed by atoms with E-state index in [0.29, 0.717) is 21.4 Å². The topological polar surface area (TPSA) is 66.5 Å². The van der Waals surface area contributed by atoms with Crippen molar-refractivity contribution in [2.45, 2.75) is 0 Å². The first kappa shape index (κ1) is 17.6. The number of amides is 1. The smallest absolute Gasteiger partial charge is 0.245 e. The SMILES string of the molecule is CS(=O)(=O)N(CC(=O)Nc1ccc(Cl)cc1)c1cccc(Cl)c1. The van der Waals surface area contributed by atoms with Gasteiger partial charge in [-0.15, -0.1) is 0 Å². The second kappa shape index (κ2) is 7.21. The molecule has 0 aliphatic rings. The highest BCUT2D eigenvalue weighted by atomic mass is 35.5. The highest BCUT2D eigenvalue weighted by molar-refractivity contribution is 7.92. The van der Waals surface area contributed by atoms with Crippen LogP contribution >= 0.6 is 23.2 Å².